The molecule has 1 aromatic carbocycles. The van der Waals surface area contributed by atoms with Gasteiger partial charge < -0.3 is 5.32 Å². The Morgan fingerprint density at radius 3 is 2.76 bits per heavy atom. The molecule has 17 heavy (non-hydrogen) atoms. The van der Waals surface area contributed by atoms with Crippen LogP contribution in [-0.2, 0) is 6.54 Å². The highest BCUT2D eigenvalue weighted by Crippen LogP contribution is 2.30. The third kappa shape index (κ3) is 3.40. The van der Waals surface area contributed by atoms with Crippen molar-refractivity contribution in [3.8, 4) is 0 Å². The van der Waals surface area contributed by atoms with Crippen LogP contribution in [0.2, 0.25) is 4.47 Å². The van der Waals surface area contributed by atoms with Crippen LogP contribution in [0.3, 0.4) is 0 Å². The fraction of sp³-hybridized carbons (Fsp3) is 0.100. The highest BCUT2D eigenvalue weighted by Gasteiger charge is 2.09. The second kappa shape index (κ2) is 5.65. The van der Waals surface area contributed by atoms with Crippen LogP contribution in [0.15, 0.2) is 27.3 Å². The molecule has 0 radical (unpaired) electrons. The maximum absolute atomic E-state index is 13.7. The van der Waals surface area contributed by atoms with Crippen LogP contribution in [-0.4, -0.2) is 4.98 Å². The summed E-state index contributed by atoms with van der Waals surface area (Å²) >= 11 is 13.6. The molecular formula is C10H6Br2ClFN2S. The minimum Gasteiger partial charge on any atom is -0.377 e. The van der Waals surface area contributed by atoms with E-state index in [2.05, 4.69) is 42.2 Å². The first-order chi connectivity index (χ1) is 8.06. The number of halogens is 4. The summed E-state index contributed by atoms with van der Waals surface area (Å²) in [4.78, 5) is 4.87. The number of anilines is 1. The van der Waals surface area contributed by atoms with Crippen LogP contribution < -0.4 is 5.32 Å². The first-order valence-corrected chi connectivity index (χ1v) is 7.33. The Morgan fingerprint density at radius 1 is 1.41 bits per heavy atom. The van der Waals surface area contributed by atoms with Gasteiger partial charge in [-0.05, 0) is 28.1 Å². The largest absolute Gasteiger partial charge is 0.377 e. The van der Waals surface area contributed by atoms with E-state index in [1.54, 1.807) is 12.3 Å². The predicted molar refractivity (Wildman–Crippen MR) is 76.3 cm³/mol. The molecule has 2 rings (SSSR count). The van der Waals surface area contributed by atoms with Gasteiger partial charge in [-0.15, -0.1) is 11.3 Å². The average molecular weight is 400 g/mol. The van der Waals surface area contributed by atoms with Gasteiger partial charge in [-0.3, -0.25) is 0 Å². The first-order valence-electron chi connectivity index (χ1n) is 4.55. The summed E-state index contributed by atoms with van der Waals surface area (Å²) in [6.07, 6.45) is 1.67. The van der Waals surface area contributed by atoms with E-state index in [-0.39, 0.29) is 5.82 Å². The zero-order valence-electron chi connectivity index (χ0n) is 8.31. The van der Waals surface area contributed by atoms with Crippen molar-refractivity contribution in [2.24, 2.45) is 0 Å². The van der Waals surface area contributed by atoms with Crippen molar-refractivity contribution in [3.63, 3.8) is 0 Å². The number of nitrogens with zero attached hydrogens (tertiary/aromatic N) is 1. The molecule has 0 saturated heterocycles. The van der Waals surface area contributed by atoms with Gasteiger partial charge in [0, 0.05) is 20.0 Å². The lowest BCUT2D eigenvalue weighted by atomic mass is 10.3. The molecule has 0 fully saturated rings. The molecule has 0 aliphatic heterocycles. The van der Waals surface area contributed by atoms with Crippen molar-refractivity contribution in [2.45, 2.75) is 6.54 Å². The van der Waals surface area contributed by atoms with Gasteiger partial charge in [-0.25, -0.2) is 9.37 Å². The van der Waals surface area contributed by atoms with Crippen LogP contribution in [0, 0.1) is 5.82 Å². The number of aromatic nitrogens is 1. The summed E-state index contributed by atoms with van der Waals surface area (Å²) in [5.74, 6) is -0.318. The molecule has 1 heterocycles. The van der Waals surface area contributed by atoms with Crippen LogP contribution in [0.1, 0.15) is 4.88 Å². The molecule has 90 valence electrons. The second-order valence-electron chi connectivity index (χ2n) is 3.18. The molecule has 0 unspecified atom stereocenters. The maximum Gasteiger partial charge on any atom is 0.183 e. The summed E-state index contributed by atoms with van der Waals surface area (Å²) in [5, 5.41) is 3.01. The number of nitrogens with one attached hydrogen (secondary N) is 1. The SMILES string of the molecule is Fc1cc(Br)cc(Br)c1NCc1cnc(Cl)s1. The van der Waals surface area contributed by atoms with Crippen LogP contribution in [0.4, 0.5) is 10.1 Å². The lowest BCUT2D eigenvalue weighted by Gasteiger charge is -2.09. The van der Waals surface area contributed by atoms with Gasteiger partial charge >= 0.3 is 0 Å². The molecule has 1 N–H and O–H groups in total. The summed E-state index contributed by atoms with van der Waals surface area (Å²) < 4.78 is 15.5. The molecule has 7 heteroatoms. The fourth-order valence-electron chi connectivity index (χ4n) is 1.25. The molecule has 2 aromatic rings. The molecule has 0 spiro atoms. The van der Waals surface area contributed by atoms with E-state index in [1.165, 1.54) is 17.4 Å². The number of hydrogen-bond acceptors (Lipinski definition) is 3. The Bertz CT molecular complexity index is 524. The summed E-state index contributed by atoms with van der Waals surface area (Å²) in [6, 6.07) is 3.19. The van der Waals surface area contributed by atoms with E-state index in [4.69, 9.17) is 11.6 Å². The van der Waals surface area contributed by atoms with Crippen LogP contribution in [0.5, 0.6) is 0 Å². The number of hydrogen-bond donors (Lipinski definition) is 1. The molecule has 0 aliphatic carbocycles. The smallest absolute Gasteiger partial charge is 0.183 e. The lowest BCUT2D eigenvalue weighted by molar-refractivity contribution is 0.628. The fourth-order valence-corrected chi connectivity index (χ4v) is 3.48. The zero-order valence-corrected chi connectivity index (χ0v) is 13.1. The van der Waals surface area contributed by atoms with Gasteiger partial charge in [-0.2, -0.15) is 0 Å². The Hall–Kier alpha value is -0.170. The first kappa shape index (κ1) is 13.3. The normalized spacial score (nSPS) is 10.6. The second-order valence-corrected chi connectivity index (χ2v) is 6.64. The zero-order chi connectivity index (χ0) is 12.4. The summed E-state index contributed by atoms with van der Waals surface area (Å²) in [5.41, 5.74) is 0.428. The monoisotopic (exact) mass is 398 g/mol. The van der Waals surface area contributed by atoms with Crippen molar-refractivity contribution < 1.29 is 4.39 Å². The third-order valence-electron chi connectivity index (χ3n) is 1.97. The highest BCUT2D eigenvalue weighted by atomic mass is 79.9. The van der Waals surface area contributed by atoms with Gasteiger partial charge in [0.05, 0.1) is 12.2 Å². The minimum atomic E-state index is -0.318. The van der Waals surface area contributed by atoms with Gasteiger partial charge in [-0.1, -0.05) is 27.5 Å². The van der Waals surface area contributed by atoms with E-state index in [0.29, 0.717) is 25.6 Å². The van der Waals surface area contributed by atoms with Crippen molar-refractivity contribution in [1.29, 1.82) is 0 Å². The number of benzene rings is 1. The quantitative estimate of drug-likeness (QED) is 0.778. The Labute approximate surface area is 123 Å². The predicted octanol–water partition coefficient (Wildman–Crippen LogP) is 5.07. The van der Waals surface area contributed by atoms with E-state index in [9.17, 15) is 4.39 Å². The van der Waals surface area contributed by atoms with Crippen molar-refractivity contribution in [1.82, 2.24) is 4.98 Å². The number of thiazole rings is 1. The topological polar surface area (TPSA) is 24.9 Å². The van der Waals surface area contributed by atoms with E-state index in [1.807, 2.05) is 0 Å². The molecule has 1 aromatic heterocycles. The molecule has 0 atom stereocenters. The summed E-state index contributed by atoms with van der Waals surface area (Å²) in [6.45, 7) is 0.488. The van der Waals surface area contributed by atoms with E-state index in [0.717, 1.165) is 4.88 Å². The van der Waals surface area contributed by atoms with Crippen LogP contribution >= 0.6 is 54.8 Å². The Morgan fingerprint density at radius 2 is 2.18 bits per heavy atom. The van der Waals surface area contributed by atoms with Crippen molar-refractivity contribution in [3.05, 3.63) is 42.4 Å². The minimum absolute atomic E-state index is 0.318. The Balaban J connectivity index is 2.14. The third-order valence-corrected chi connectivity index (χ3v) is 4.17. The van der Waals surface area contributed by atoms with E-state index >= 15 is 0 Å². The van der Waals surface area contributed by atoms with Gasteiger partial charge in [0.15, 0.2) is 4.47 Å². The highest BCUT2D eigenvalue weighted by molar-refractivity contribution is 9.11. The standard InChI is InChI=1S/C10H6Br2ClFN2S/c11-5-1-7(12)9(8(14)2-5)15-3-6-4-16-10(13)17-6/h1-2,4,15H,3H2. The van der Waals surface area contributed by atoms with Crippen LogP contribution in [0.25, 0.3) is 0 Å². The Kier molecular flexibility index (Phi) is 4.41. The molecule has 0 amide bonds. The molecule has 0 aliphatic rings. The molecule has 2 nitrogen and oxygen atoms in total. The molecular weight excluding hydrogens is 394 g/mol. The van der Waals surface area contributed by atoms with Gasteiger partial charge in [0.2, 0.25) is 0 Å². The summed E-state index contributed by atoms with van der Waals surface area (Å²) in [7, 11) is 0. The van der Waals surface area contributed by atoms with Crippen molar-refractivity contribution >= 4 is 60.5 Å². The molecule has 0 saturated carbocycles. The van der Waals surface area contributed by atoms with Gasteiger partial charge in [0.1, 0.15) is 5.82 Å². The van der Waals surface area contributed by atoms with Crippen molar-refractivity contribution in [2.75, 3.05) is 5.32 Å². The number of rotatable bonds is 3. The van der Waals surface area contributed by atoms with E-state index < -0.39 is 0 Å². The maximum atomic E-state index is 13.7. The molecule has 0 bridgehead atoms. The average Bonchev–Trinajstić information content (AvgIpc) is 2.62. The lowest BCUT2D eigenvalue weighted by Crippen LogP contribution is -2.01. The van der Waals surface area contributed by atoms with Gasteiger partial charge in [0.25, 0.3) is 0 Å².